The predicted molar refractivity (Wildman–Crippen MR) is 37.2 cm³/mol. The zero-order chi connectivity index (χ0) is 8.27. The molecule has 60 valence electrons. The first kappa shape index (κ1) is 7.78. The number of hydrogen-bond donors (Lipinski definition) is 0. The van der Waals surface area contributed by atoms with Gasteiger partial charge in [-0.1, -0.05) is 12.1 Å². The number of carbonyl (C=O) groups is 1. The van der Waals surface area contributed by atoms with Crippen LogP contribution >= 0.6 is 0 Å². The van der Waals surface area contributed by atoms with Gasteiger partial charge in [0.15, 0.2) is 0 Å². The summed E-state index contributed by atoms with van der Waals surface area (Å²) in [5.74, 6) is -0.400. The van der Waals surface area contributed by atoms with Crippen molar-refractivity contribution >= 4 is 5.97 Å². The minimum absolute atomic E-state index is 0.400. The Morgan fingerprint density at radius 2 is 2.55 bits per heavy atom. The fourth-order valence-corrected chi connectivity index (χ4v) is 0.791. The van der Waals surface area contributed by atoms with E-state index >= 15 is 0 Å². The quantitative estimate of drug-likeness (QED) is 0.598. The number of nitrogens with zero attached hydrogens (tertiary/aromatic N) is 1. The summed E-state index contributed by atoms with van der Waals surface area (Å²) in [5.41, 5.74) is 1.05. The molecule has 0 spiro atoms. The highest BCUT2D eigenvalue weighted by Crippen LogP contribution is 2.07. The molecule has 0 aliphatic rings. The average Bonchev–Trinajstić information content (AvgIpc) is 2.50. The predicted octanol–water partition coefficient (Wildman–Crippen LogP) is 1.02. The second kappa shape index (κ2) is 3.18. The Hall–Kier alpha value is -1.32. The van der Waals surface area contributed by atoms with Gasteiger partial charge in [-0.2, -0.15) is 0 Å². The van der Waals surface area contributed by atoms with Gasteiger partial charge in [0.1, 0.15) is 11.8 Å². The molecule has 11 heavy (non-hydrogen) atoms. The molecule has 0 saturated carbocycles. The molecular weight excluding hydrogens is 146 g/mol. The second-order valence-electron chi connectivity index (χ2n) is 2.02. The third-order valence-corrected chi connectivity index (χ3v) is 1.38. The molecule has 4 nitrogen and oxygen atoms in total. The lowest BCUT2D eigenvalue weighted by atomic mass is 10.2. The number of ether oxygens (including phenoxy) is 1. The number of hydrogen-bond acceptors (Lipinski definition) is 4. The van der Waals surface area contributed by atoms with Gasteiger partial charge in [0.2, 0.25) is 0 Å². The van der Waals surface area contributed by atoms with Gasteiger partial charge in [-0.15, -0.1) is 0 Å². The maximum Gasteiger partial charge on any atom is 0.343 e. The molecule has 0 saturated heterocycles. The average molecular weight is 155 g/mol. The van der Waals surface area contributed by atoms with Crippen LogP contribution in [0.1, 0.15) is 23.0 Å². The van der Waals surface area contributed by atoms with Crippen LogP contribution in [0, 0.1) is 0 Å². The zero-order valence-electron chi connectivity index (χ0n) is 6.46. The van der Waals surface area contributed by atoms with E-state index in [9.17, 15) is 4.79 Å². The molecule has 0 aromatic carbocycles. The number of aromatic nitrogens is 1. The molecule has 1 aromatic heterocycles. The molecular formula is C7H9NO3. The third kappa shape index (κ3) is 1.39. The van der Waals surface area contributed by atoms with Gasteiger partial charge in [0.25, 0.3) is 0 Å². The summed E-state index contributed by atoms with van der Waals surface area (Å²) < 4.78 is 9.11. The minimum Gasteiger partial charge on any atom is -0.465 e. The van der Waals surface area contributed by atoms with Crippen molar-refractivity contribution in [1.82, 2.24) is 5.16 Å². The smallest absolute Gasteiger partial charge is 0.343 e. The fraction of sp³-hybridized carbons (Fsp3) is 0.429. The van der Waals surface area contributed by atoms with Crippen molar-refractivity contribution in [3.8, 4) is 0 Å². The Labute approximate surface area is 64.1 Å². The fourth-order valence-electron chi connectivity index (χ4n) is 0.791. The van der Waals surface area contributed by atoms with Gasteiger partial charge in [0.05, 0.1) is 12.8 Å². The molecule has 0 bridgehead atoms. The summed E-state index contributed by atoms with van der Waals surface area (Å²) in [6, 6.07) is 0. The summed E-state index contributed by atoms with van der Waals surface area (Å²) >= 11 is 0. The Bertz CT molecular complexity index is 254. The van der Waals surface area contributed by atoms with Crippen LogP contribution in [0.3, 0.4) is 0 Å². The minimum atomic E-state index is -0.400. The molecule has 1 heterocycles. The van der Waals surface area contributed by atoms with E-state index in [1.54, 1.807) is 0 Å². The summed E-state index contributed by atoms with van der Waals surface area (Å²) in [7, 11) is 1.33. The van der Waals surface area contributed by atoms with E-state index in [4.69, 9.17) is 0 Å². The van der Waals surface area contributed by atoms with E-state index in [-0.39, 0.29) is 0 Å². The van der Waals surface area contributed by atoms with Gasteiger partial charge in [-0.25, -0.2) is 4.79 Å². The maximum atomic E-state index is 10.9. The summed E-state index contributed by atoms with van der Waals surface area (Å²) in [4.78, 5) is 10.9. The second-order valence-corrected chi connectivity index (χ2v) is 2.02. The van der Waals surface area contributed by atoms with Crippen molar-refractivity contribution in [2.75, 3.05) is 7.11 Å². The highest BCUT2D eigenvalue weighted by atomic mass is 16.5. The largest absolute Gasteiger partial charge is 0.465 e. The highest BCUT2D eigenvalue weighted by molar-refractivity contribution is 5.89. The first-order valence-electron chi connectivity index (χ1n) is 3.31. The first-order chi connectivity index (χ1) is 5.29. The van der Waals surface area contributed by atoms with Crippen molar-refractivity contribution in [2.24, 2.45) is 0 Å². The summed E-state index contributed by atoms with van der Waals surface area (Å²) in [5, 5.41) is 3.63. The van der Waals surface area contributed by atoms with Gasteiger partial charge < -0.3 is 9.26 Å². The van der Waals surface area contributed by atoms with Crippen molar-refractivity contribution in [1.29, 1.82) is 0 Å². The molecule has 0 unspecified atom stereocenters. The van der Waals surface area contributed by atoms with Gasteiger partial charge in [-0.05, 0) is 6.42 Å². The molecule has 1 rings (SSSR count). The van der Waals surface area contributed by atoms with Gasteiger partial charge in [-0.3, -0.25) is 0 Å². The van der Waals surface area contributed by atoms with Crippen LogP contribution in [0.15, 0.2) is 10.8 Å². The van der Waals surface area contributed by atoms with Crippen LogP contribution in [-0.4, -0.2) is 18.2 Å². The standard InChI is InChI=1S/C7H9NO3/c1-3-6-5(4-11-8-6)7(9)10-2/h4H,3H2,1-2H3. The number of carbonyl (C=O) groups excluding carboxylic acids is 1. The molecule has 0 fully saturated rings. The summed E-state index contributed by atoms with van der Waals surface area (Å²) in [6.45, 7) is 1.89. The monoisotopic (exact) mass is 155 g/mol. The Kier molecular flexibility index (Phi) is 2.25. The molecule has 0 aliphatic heterocycles. The van der Waals surface area contributed by atoms with Crippen molar-refractivity contribution < 1.29 is 14.1 Å². The molecule has 0 aliphatic carbocycles. The molecule has 0 atom stereocenters. The van der Waals surface area contributed by atoms with E-state index in [0.29, 0.717) is 17.7 Å². The lowest BCUT2D eigenvalue weighted by Gasteiger charge is -1.94. The lowest BCUT2D eigenvalue weighted by molar-refractivity contribution is 0.0599. The third-order valence-electron chi connectivity index (χ3n) is 1.38. The van der Waals surface area contributed by atoms with Gasteiger partial charge in [0, 0.05) is 0 Å². The Balaban J connectivity index is 2.92. The van der Waals surface area contributed by atoms with Crippen LogP contribution in [0.2, 0.25) is 0 Å². The number of methoxy groups -OCH3 is 1. The van der Waals surface area contributed by atoms with Gasteiger partial charge >= 0.3 is 5.97 Å². The zero-order valence-corrected chi connectivity index (χ0v) is 6.46. The number of esters is 1. The number of aryl methyl sites for hydroxylation is 1. The van der Waals surface area contributed by atoms with Crippen LogP contribution in [0.5, 0.6) is 0 Å². The Morgan fingerprint density at radius 3 is 3.09 bits per heavy atom. The van der Waals surface area contributed by atoms with E-state index < -0.39 is 5.97 Å². The molecule has 0 radical (unpaired) electrons. The van der Waals surface area contributed by atoms with Crippen LogP contribution in [0.25, 0.3) is 0 Å². The van der Waals surface area contributed by atoms with Crippen LogP contribution in [-0.2, 0) is 11.2 Å². The van der Waals surface area contributed by atoms with Crippen molar-refractivity contribution in [3.63, 3.8) is 0 Å². The molecule has 0 amide bonds. The van der Waals surface area contributed by atoms with Crippen molar-refractivity contribution in [2.45, 2.75) is 13.3 Å². The van der Waals surface area contributed by atoms with E-state index in [2.05, 4.69) is 14.4 Å². The Morgan fingerprint density at radius 1 is 1.82 bits per heavy atom. The van der Waals surface area contributed by atoms with E-state index in [0.717, 1.165) is 0 Å². The summed E-state index contributed by atoms with van der Waals surface area (Å²) in [6.07, 6.45) is 1.96. The van der Waals surface area contributed by atoms with Crippen molar-refractivity contribution in [3.05, 3.63) is 17.5 Å². The maximum absolute atomic E-state index is 10.9. The lowest BCUT2D eigenvalue weighted by Crippen LogP contribution is -2.02. The molecule has 4 heteroatoms. The number of rotatable bonds is 2. The SMILES string of the molecule is CCc1nocc1C(=O)OC. The highest BCUT2D eigenvalue weighted by Gasteiger charge is 2.13. The normalized spacial score (nSPS) is 9.64. The van der Waals surface area contributed by atoms with Crippen LogP contribution < -0.4 is 0 Å². The molecule has 0 N–H and O–H groups in total. The topological polar surface area (TPSA) is 52.3 Å². The first-order valence-corrected chi connectivity index (χ1v) is 3.31. The van der Waals surface area contributed by atoms with E-state index in [1.807, 2.05) is 6.92 Å². The van der Waals surface area contributed by atoms with E-state index in [1.165, 1.54) is 13.4 Å². The molecule has 1 aromatic rings. The van der Waals surface area contributed by atoms with Crippen LogP contribution in [0.4, 0.5) is 0 Å².